The lowest BCUT2D eigenvalue weighted by atomic mass is 10.2. The first-order valence-electron chi connectivity index (χ1n) is 6.74. The summed E-state index contributed by atoms with van der Waals surface area (Å²) in [5.74, 6) is 0.224. The topological polar surface area (TPSA) is 47.0 Å². The number of halogens is 2. The largest absolute Gasteiger partial charge is 0.439 e. The lowest BCUT2D eigenvalue weighted by molar-refractivity contribution is 0.446. The predicted octanol–water partition coefficient (Wildman–Crippen LogP) is 4.10. The van der Waals surface area contributed by atoms with E-state index >= 15 is 0 Å². The molecule has 0 fully saturated rings. The molecule has 0 radical (unpaired) electrons. The second kappa shape index (κ2) is 6.47. The third-order valence-corrected chi connectivity index (χ3v) is 2.65. The predicted molar refractivity (Wildman–Crippen MR) is 76.7 cm³/mol. The van der Waals surface area contributed by atoms with Crippen molar-refractivity contribution in [2.24, 2.45) is 0 Å². The fourth-order valence-electron chi connectivity index (χ4n) is 1.73. The molecule has 0 atom stereocenters. The maximum Gasteiger partial charge on any atom is 0.224 e. The maximum absolute atomic E-state index is 13.2. The van der Waals surface area contributed by atoms with E-state index in [0.29, 0.717) is 18.2 Å². The molecule has 0 aliphatic carbocycles. The number of hydrogen-bond donors (Lipinski definition) is 1. The van der Waals surface area contributed by atoms with E-state index in [9.17, 15) is 8.78 Å². The van der Waals surface area contributed by atoms with Crippen LogP contribution < -0.4 is 10.1 Å². The van der Waals surface area contributed by atoms with E-state index in [1.54, 1.807) is 6.07 Å². The molecule has 1 aromatic heterocycles. The monoisotopic (exact) mass is 293 g/mol. The van der Waals surface area contributed by atoms with Crippen molar-refractivity contribution in [2.75, 3.05) is 11.9 Å². The molecule has 1 heterocycles. The van der Waals surface area contributed by atoms with Gasteiger partial charge in [-0.2, -0.15) is 4.98 Å². The first-order chi connectivity index (χ1) is 9.97. The van der Waals surface area contributed by atoms with Gasteiger partial charge in [-0.1, -0.05) is 13.8 Å². The number of hydrogen-bond acceptors (Lipinski definition) is 4. The van der Waals surface area contributed by atoms with E-state index in [1.165, 1.54) is 0 Å². The fourth-order valence-corrected chi connectivity index (χ4v) is 1.73. The molecule has 2 aromatic rings. The number of nitrogens with zero attached hydrogens (tertiary/aromatic N) is 2. The van der Waals surface area contributed by atoms with Crippen molar-refractivity contribution in [3.05, 3.63) is 41.7 Å². The molecule has 0 amide bonds. The summed E-state index contributed by atoms with van der Waals surface area (Å²) < 4.78 is 31.8. The van der Waals surface area contributed by atoms with Gasteiger partial charge in [-0.25, -0.2) is 13.8 Å². The molecule has 4 nitrogen and oxygen atoms in total. The van der Waals surface area contributed by atoms with Crippen molar-refractivity contribution in [2.45, 2.75) is 26.7 Å². The molecule has 6 heteroatoms. The molecule has 1 N–H and O–H groups in total. The van der Waals surface area contributed by atoms with Gasteiger partial charge in [0.15, 0.2) is 0 Å². The molecule has 112 valence electrons. The highest BCUT2D eigenvalue weighted by Gasteiger charge is 2.10. The number of anilines is 1. The lowest BCUT2D eigenvalue weighted by Gasteiger charge is -2.11. The van der Waals surface area contributed by atoms with Gasteiger partial charge in [0.25, 0.3) is 0 Å². The van der Waals surface area contributed by atoms with Crippen LogP contribution in [0.3, 0.4) is 0 Å². The molecule has 0 aliphatic heterocycles. The smallest absolute Gasteiger partial charge is 0.224 e. The summed E-state index contributed by atoms with van der Waals surface area (Å²) in [5, 5.41) is 3.07. The van der Waals surface area contributed by atoms with Crippen LogP contribution in [-0.4, -0.2) is 16.5 Å². The first-order valence-corrected chi connectivity index (χ1v) is 6.74. The third kappa shape index (κ3) is 4.11. The van der Waals surface area contributed by atoms with Crippen LogP contribution in [-0.2, 0) is 0 Å². The standard InChI is InChI=1S/C15H17F2N3O/c1-4-18-13-8-14(20-15(19-13)9(2)3)21-12-6-10(16)5-11(17)7-12/h5-9H,4H2,1-3H3,(H,18,19,20). The number of nitrogens with one attached hydrogen (secondary N) is 1. The summed E-state index contributed by atoms with van der Waals surface area (Å²) in [7, 11) is 0. The molecule has 1 aromatic carbocycles. The summed E-state index contributed by atoms with van der Waals surface area (Å²) in [6.07, 6.45) is 0. The van der Waals surface area contributed by atoms with Gasteiger partial charge in [0, 0.05) is 36.7 Å². The highest BCUT2D eigenvalue weighted by Crippen LogP contribution is 2.25. The van der Waals surface area contributed by atoms with E-state index < -0.39 is 11.6 Å². The van der Waals surface area contributed by atoms with Crippen molar-refractivity contribution in [1.82, 2.24) is 9.97 Å². The van der Waals surface area contributed by atoms with Crippen LogP contribution >= 0.6 is 0 Å². The van der Waals surface area contributed by atoms with Crippen LogP contribution in [0.1, 0.15) is 32.5 Å². The molecule has 0 spiro atoms. The molecule has 21 heavy (non-hydrogen) atoms. The zero-order valence-corrected chi connectivity index (χ0v) is 12.2. The van der Waals surface area contributed by atoms with Gasteiger partial charge in [0.2, 0.25) is 5.88 Å². The van der Waals surface area contributed by atoms with Crippen LogP contribution in [0.25, 0.3) is 0 Å². The minimum Gasteiger partial charge on any atom is -0.439 e. The Kier molecular flexibility index (Phi) is 4.67. The Morgan fingerprint density at radius 1 is 1.10 bits per heavy atom. The molecule has 0 saturated carbocycles. The number of benzene rings is 1. The summed E-state index contributed by atoms with van der Waals surface area (Å²) >= 11 is 0. The van der Waals surface area contributed by atoms with E-state index in [-0.39, 0.29) is 17.5 Å². The highest BCUT2D eigenvalue weighted by molar-refractivity contribution is 5.40. The van der Waals surface area contributed by atoms with Gasteiger partial charge in [0.05, 0.1) is 0 Å². The Morgan fingerprint density at radius 3 is 2.33 bits per heavy atom. The van der Waals surface area contributed by atoms with E-state index in [4.69, 9.17) is 4.74 Å². The summed E-state index contributed by atoms with van der Waals surface area (Å²) in [5.41, 5.74) is 0. The van der Waals surface area contributed by atoms with E-state index in [1.807, 2.05) is 20.8 Å². The normalized spacial score (nSPS) is 10.8. The Bertz CT molecular complexity index is 612. The van der Waals surface area contributed by atoms with Crippen LogP contribution in [0.2, 0.25) is 0 Å². The molecule has 0 bridgehead atoms. The zero-order chi connectivity index (χ0) is 15.4. The van der Waals surface area contributed by atoms with Gasteiger partial charge in [-0.15, -0.1) is 0 Å². The highest BCUT2D eigenvalue weighted by atomic mass is 19.1. The molecule has 0 aliphatic rings. The second-order valence-electron chi connectivity index (χ2n) is 4.84. The molecule has 2 rings (SSSR count). The van der Waals surface area contributed by atoms with Crippen molar-refractivity contribution in [1.29, 1.82) is 0 Å². The van der Waals surface area contributed by atoms with Gasteiger partial charge < -0.3 is 10.1 Å². The lowest BCUT2D eigenvalue weighted by Crippen LogP contribution is -2.06. The third-order valence-electron chi connectivity index (χ3n) is 2.65. The SMILES string of the molecule is CCNc1cc(Oc2cc(F)cc(F)c2)nc(C(C)C)n1. The summed E-state index contributed by atoms with van der Waals surface area (Å²) in [6, 6.07) is 4.59. The van der Waals surface area contributed by atoms with E-state index in [2.05, 4.69) is 15.3 Å². The Hall–Kier alpha value is -2.24. The minimum absolute atomic E-state index is 0.0587. The van der Waals surface area contributed by atoms with Crippen LogP contribution in [0.5, 0.6) is 11.6 Å². The van der Waals surface area contributed by atoms with Crippen molar-refractivity contribution >= 4 is 5.82 Å². The molecular formula is C15H17F2N3O. The second-order valence-corrected chi connectivity index (χ2v) is 4.84. The summed E-state index contributed by atoms with van der Waals surface area (Å²) in [4.78, 5) is 8.60. The van der Waals surface area contributed by atoms with Crippen LogP contribution in [0.15, 0.2) is 24.3 Å². The van der Waals surface area contributed by atoms with Crippen LogP contribution in [0.4, 0.5) is 14.6 Å². The number of rotatable bonds is 5. The Labute approximate surface area is 122 Å². The summed E-state index contributed by atoms with van der Waals surface area (Å²) in [6.45, 7) is 6.55. The number of aromatic nitrogens is 2. The van der Waals surface area contributed by atoms with Gasteiger partial charge in [-0.05, 0) is 6.92 Å². The molecular weight excluding hydrogens is 276 g/mol. The maximum atomic E-state index is 13.2. The van der Waals surface area contributed by atoms with Gasteiger partial charge in [-0.3, -0.25) is 0 Å². The van der Waals surface area contributed by atoms with Crippen molar-refractivity contribution in [3.63, 3.8) is 0 Å². The van der Waals surface area contributed by atoms with Crippen molar-refractivity contribution in [3.8, 4) is 11.6 Å². The Balaban J connectivity index is 2.33. The minimum atomic E-state index is -0.699. The average molecular weight is 293 g/mol. The van der Waals surface area contributed by atoms with Gasteiger partial charge in [0.1, 0.15) is 29.0 Å². The molecule has 0 unspecified atom stereocenters. The fraction of sp³-hybridized carbons (Fsp3) is 0.333. The first kappa shape index (κ1) is 15.2. The van der Waals surface area contributed by atoms with Crippen molar-refractivity contribution < 1.29 is 13.5 Å². The van der Waals surface area contributed by atoms with Crippen LogP contribution in [0, 0.1) is 11.6 Å². The molecule has 0 saturated heterocycles. The average Bonchev–Trinajstić information content (AvgIpc) is 2.37. The van der Waals surface area contributed by atoms with Gasteiger partial charge >= 0.3 is 0 Å². The Morgan fingerprint density at radius 2 is 1.76 bits per heavy atom. The van der Waals surface area contributed by atoms with E-state index in [0.717, 1.165) is 18.2 Å². The number of ether oxygens (including phenoxy) is 1. The quantitative estimate of drug-likeness (QED) is 0.901. The zero-order valence-electron chi connectivity index (χ0n) is 12.2.